The molecule has 1 heterocycles. The van der Waals surface area contributed by atoms with Crippen LogP contribution in [0.2, 0.25) is 0 Å². The van der Waals surface area contributed by atoms with Gasteiger partial charge in [-0.3, -0.25) is 4.79 Å². The number of anilines is 1. The maximum Gasteiger partial charge on any atom is 0.258 e. The Morgan fingerprint density at radius 1 is 1.29 bits per heavy atom. The lowest BCUT2D eigenvalue weighted by Gasteiger charge is -2.20. The number of carbonyl (C=O) groups excluding carboxylic acids is 1. The van der Waals surface area contributed by atoms with Gasteiger partial charge in [0, 0.05) is 6.20 Å². The highest BCUT2D eigenvalue weighted by atomic mass is 32.1. The van der Waals surface area contributed by atoms with E-state index in [0.29, 0.717) is 15.9 Å². The van der Waals surface area contributed by atoms with Crippen molar-refractivity contribution in [1.82, 2.24) is 4.98 Å². The second-order valence-electron chi connectivity index (χ2n) is 5.85. The molecule has 1 aromatic heterocycles. The van der Waals surface area contributed by atoms with E-state index in [1.54, 1.807) is 30.5 Å². The van der Waals surface area contributed by atoms with Gasteiger partial charge in [-0.25, -0.2) is 0 Å². The lowest BCUT2D eigenvalue weighted by molar-refractivity contribution is 0.102. The lowest BCUT2D eigenvalue weighted by Crippen LogP contribution is -2.15. The van der Waals surface area contributed by atoms with Gasteiger partial charge >= 0.3 is 0 Å². The van der Waals surface area contributed by atoms with E-state index in [4.69, 9.17) is 12.2 Å². The first-order valence-corrected chi connectivity index (χ1v) is 7.02. The molecule has 0 bridgehead atoms. The van der Waals surface area contributed by atoms with Crippen LogP contribution in [-0.2, 0) is 5.41 Å². The number of pyridine rings is 1. The zero-order valence-corrected chi connectivity index (χ0v) is 13.0. The molecule has 1 aromatic carbocycles. The summed E-state index contributed by atoms with van der Waals surface area (Å²) in [5.41, 5.74) is 1.70. The predicted molar refractivity (Wildman–Crippen MR) is 86.4 cm³/mol. The first-order valence-electron chi connectivity index (χ1n) is 6.61. The molecule has 0 aliphatic carbocycles. The van der Waals surface area contributed by atoms with Crippen molar-refractivity contribution in [1.29, 1.82) is 0 Å². The molecule has 110 valence electrons. The number of hydrogen-bond donors (Lipinski definition) is 3. The van der Waals surface area contributed by atoms with E-state index in [1.165, 1.54) is 0 Å². The van der Waals surface area contributed by atoms with Crippen LogP contribution in [0.4, 0.5) is 5.69 Å². The van der Waals surface area contributed by atoms with E-state index in [0.717, 1.165) is 5.56 Å². The van der Waals surface area contributed by atoms with E-state index in [9.17, 15) is 9.90 Å². The third kappa shape index (κ3) is 3.49. The Morgan fingerprint density at radius 3 is 2.62 bits per heavy atom. The van der Waals surface area contributed by atoms with Crippen LogP contribution >= 0.6 is 12.2 Å². The fraction of sp³-hybridized carbons (Fsp3) is 0.250. The maximum absolute atomic E-state index is 12.2. The smallest absolute Gasteiger partial charge is 0.258 e. The van der Waals surface area contributed by atoms with E-state index in [2.05, 4.69) is 31.1 Å². The van der Waals surface area contributed by atoms with Crippen molar-refractivity contribution in [2.24, 2.45) is 0 Å². The van der Waals surface area contributed by atoms with Crippen molar-refractivity contribution in [3.63, 3.8) is 0 Å². The van der Waals surface area contributed by atoms with Crippen molar-refractivity contribution in [3.8, 4) is 5.75 Å². The molecule has 0 aliphatic heterocycles. The zero-order valence-electron chi connectivity index (χ0n) is 12.2. The molecular formula is C16H18N2O2S. The van der Waals surface area contributed by atoms with Gasteiger partial charge in [0.05, 0.1) is 11.3 Å². The largest absolute Gasteiger partial charge is 0.506 e. The summed E-state index contributed by atoms with van der Waals surface area (Å²) in [6.45, 7) is 6.20. The topological polar surface area (TPSA) is 65.1 Å². The van der Waals surface area contributed by atoms with Crippen LogP contribution in [0.3, 0.4) is 0 Å². The van der Waals surface area contributed by atoms with Crippen LogP contribution in [0.25, 0.3) is 0 Å². The van der Waals surface area contributed by atoms with Crippen molar-refractivity contribution >= 4 is 23.8 Å². The summed E-state index contributed by atoms with van der Waals surface area (Å²) in [6, 6.07) is 8.56. The molecule has 0 unspecified atom stereocenters. The summed E-state index contributed by atoms with van der Waals surface area (Å²) >= 11 is 5.08. The predicted octanol–water partition coefficient (Wildman–Crippen LogP) is 4.00. The minimum Gasteiger partial charge on any atom is -0.506 e. The monoisotopic (exact) mass is 302 g/mol. The average Bonchev–Trinajstić information content (AvgIpc) is 2.40. The van der Waals surface area contributed by atoms with Crippen molar-refractivity contribution in [3.05, 3.63) is 52.3 Å². The minimum absolute atomic E-state index is 0.0298. The van der Waals surface area contributed by atoms with Crippen molar-refractivity contribution in [2.75, 3.05) is 5.32 Å². The number of rotatable bonds is 2. The molecule has 0 atom stereocenters. The lowest BCUT2D eigenvalue weighted by atomic mass is 9.87. The fourth-order valence-corrected chi connectivity index (χ4v) is 2.12. The average molecular weight is 302 g/mol. The van der Waals surface area contributed by atoms with Gasteiger partial charge in [0.25, 0.3) is 5.91 Å². The molecule has 2 aromatic rings. The molecule has 0 aliphatic rings. The molecule has 1 amide bonds. The zero-order chi connectivity index (χ0) is 15.6. The van der Waals surface area contributed by atoms with Crippen molar-refractivity contribution in [2.45, 2.75) is 26.2 Å². The van der Waals surface area contributed by atoms with Crippen LogP contribution in [0, 0.1) is 4.64 Å². The number of carbonyl (C=O) groups is 1. The molecule has 21 heavy (non-hydrogen) atoms. The molecular weight excluding hydrogens is 284 g/mol. The molecule has 4 nitrogen and oxygen atoms in total. The molecule has 5 heteroatoms. The summed E-state index contributed by atoms with van der Waals surface area (Å²) in [7, 11) is 0. The number of H-pyrrole nitrogens is 1. The summed E-state index contributed by atoms with van der Waals surface area (Å²) in [5, 5.41) is 12.6. The number of amides is 1. The van der Waals surface area contributed by atoms with Gasteiger partial charge in [0.2, 0.25) is 0 Å². The Labute approximate surface area is 128 Å². The van der Waals surface area contributed by atoms with Gasteiger partial charge in [-0.1, -0.05) is 39.1 Å². The second-order valence-corrected chi connectivity index (χ2v) is 6.26. The molecule has 0 saturated heterocycles. The number of hydrogen-bond acceptors (Lipinski definition) is 3. The van der Waals surface area contributed by atoms with Gasteiger partial charge < -0.3 is 15.4 Å². The van der Waals surface area contributed by atoms with Gasteiger partial charge in [0.15, 0.2) is 0 Å². The standard InChI is InChI=1S/C16H18N2O2S/c1-16(2,3)10-6-7-13(19)12(9-10)18-14(20)11-5-4-8-17-15(11)21/h4-9,19H,1-3H3,(H,17,21)(H,18,20). The van der Waals surface area contributed by atoms with Crippen LogP contribution in [0.15, 0.2) is 36.5 Å². The third-order valence-electron chi connectivity index (χ3n) is 3.17. The summed E-state index contributed by atoms with van der Waals surface area (Å²) in [4.78, 5) is 15.0. The number of phenolic OH excluding ortho intramolecular Hbond substituents is 1. The molecule has 0 saturated carbocycles. The van der Waals surface area contributed by atoms with E-state index >= 15 is 0 Å². The van der Waals surface area contributed by atoms with Gasteiger partial charge in [-0.2, -0.15) is 0 Å². The SMILES string of the molecule is CC(C)(C)c1ccc(O)c(NC(=O)c2ccc[nH]c2=S)c1. The van der Waals surface area contributed by atoms with Crippen LogP contribution in [0.5, 0.6) is 5.75 Å². The van der Waals surface area contributed by atoms with Gasteiger partial charge in [0.1, 0.15) is 10.4 Å². The summed E-state index contributed by atoms with van der Waals surface area (Å²) in [6.07, 6.45) is 1.66. The molecule has 0 radical (unpaired) electrons. The van der Waals surface area contributed by atoms with Gasteiger partial charge in [-0.15, -0.1) is 0 Å². The number of phenols is 1. The Kier molecular flexibility index (Phi) is 4.14. The van der Waals surface area contributed by atoms with E-state index in [1.807, 2.05) is 6.07 Å². The number of nitrogens with one attached hydrogen (secondary N) is 2. The molecule has 0 spiro atoms. The summed E-state index contributed by atoms with van der Waals surface area (Å²) < 4.78 is 0.362. The number of aromatic amines is 1. The Bertz CT molecular complexity index is 730. The van der Waals surface area contributed by atoms with Gasteiger partial charge in [-0.05, 0) is 35.2 Å². The van der Waals surface area contributed by atoms with E-state index < -0.39 is 0 Å². The Morgan fingerprint density at radius 2 is 2.00 bits per heavy atom. The number of aromatic nitrogens is 1. The first-order chi connectivity index (χ1) is 9.79. The highest BCUT2D eigenvalue weighted by molar-refractivity contribution is 7.71. The van der Waals surface area contributed by atoms with Crippen LogP contribution in [-0.4, -0.2) is 16.0 Å². The summed E-state index contributed by atoms with van der Waals surface area (Å²) in [5.74, 6) is -0.319. The number of aromatic hydroxyl groups is 1. The van der Waals surface area contributed by atoms with Crippen molar-refractivity contribution < 1.29 is 9.90 Å². The second kappa shape index (κ2) is 5.69. The molecule has 3 N–H and O–H groups in total. The van der Waals surface area contributed by atoms with Crippen LogP contribution < -0.4 is 5.32 Å². The molecule has 2 rings (SSSR count). The minimum atomic E-state index is -0.349. The third-order valence-corrected chi connectivity index (χ3v) is 3.51. The fourth-order valence-electron chi connectivity index (χ4n) is 1.89. The quantitative estimate of drug-likeness (QED) is 0.580. The number of benzene rings is 1. The first kappa shape index (κ1) is 15.3. The molecule has 0 fully saturated rings. The normalized spacial score (nSPS) is 11.2. The highest BCUT2D eigenvalue weighted by Crippen LogP contribution is 2.30. The highest BCUT2D eigenvalue weighted by Gasteiger charge is 2.17. The van der Waals surface area contributed by atoms with E-state index in [-0.39, 0.29) is 17.1 Å². The Hall–Kier alpha value is -2.14. The maximum atomic E-state index is 12.2. The Balaban J connectivity index is 2.34. The van der Waals surface area contributed by atoms with Crippen LogP contribution in [0.1, 0.15) is 36.7 Å².